The molecule has 0 aliphatic carbocycles. The highest BCUT2D eigenvalue weighted by Gasteiger charge is 2.37. The van der Waals surface area contributed by atoms with Gasteiger partial charge in [-0.05, 0) is 30.2 Å². The van der Waals surface area contributed by atoms with E-state index >= 15 is 0 Å². The van der Waals surface area contributed by atoms with Gasteiger partial charge in [0.15, 0.2) is 0 Å². The lowest BCUT2D eigenvalue weighted by Crippen LogP contribution is -2.46. The molecular weight excluding hydrogens is 404 g/mol. The van der Waals surface area contributed by atoms with Crippen LogP contribution in [0.3, 0.4) is 0 Å². The first-order valence-corrected chi connectivity index (χ1v) is 9.33. The molecule has 1 saturated heterocycles. The van der Waals surface area contributed by atoms with Crippen LogP contribution in [0.4, 0.5) is 8.78 Å². The van der Waals surface area contributed by atoms with Crippen molar-refractivity contribution >= 4 is 21.8 Å². The molecule has 138 valence electrons. The summed E-state index contributed by atoms with van der Waals surface area (Å²) in [6, 6.07) is 15.1. The van der Waals surface area contributed by atoms with Gasteiger partial charge in [-0.25, -0.2) is 8.78 Å². The molecule has 0 N–H and O–H groups in total. The SMILES string of the molecule is O=C(Cc1cc(Br)ccc1OCc1ccccc1)N1CCCC(F)(F)C1. The van der Waals surface area contributed by atoms with Crippen molar-refractivity contribution < 1.29 is 18.3 Å². The van der Waals surface area contributed by atoms with Gasteiger partial charge in [0.2, 0.25) is 5.91 Å². The number of hydrogen-bond donors (Lipinski definition) is 0. The third-order valence-electron chi connectivity index (χ3n) is 4.35. The molecule has 1 aliphatic heterocycles. The summed E-state index contributed by atoms with van der Waals surface area (Å²) >= 11 is 3.40. The van der Waals surface area contributed by atoms with E-state index in [1.165, 1.54) is 4.90 Å². The third-order valence-corrected chi connectivity index (χ3v) is 4.84. The molecule has 1 amide bonds. The molecule has 3 nitrogen and oxygen atoms in total. The number of nitrogens with zero attached hydrogens (tertiary/aromatic N) is 1. The molecule has 2 aromatic rings. The second-order valence-corrected chi connectivity index (χ2v) is 7.39. The first kappa shape index (κ1) is 18.8. The van der Waals surface area contributed by atoms with Crippen molar-refractivity contribution in [2.24, 2.45) is 0 Å². The quantitative estimate of drug-likeness (QED) is 0.689. The molecule has 3 rings (SSSR count). The van der Waals surface area contributed by atoms with Crippen molar-refractivity contribution in [3.8, 4) is 5.75 Å². The maximum atomic E-state index is 13.6. The van der Waals surface area contributed by atoms with E-state index in [-0.39, 0.29) is 18.7 Å². The van der Waals surface area contributed by atoms with Crippen molar-refractivity contribution in [3.05, 3.63) is 64.1 Å². The van der Waals surface area contributed by atoms with Crippen LogP contribution in [0.15, 0.2) is 53.0 Å². The Balaban J connectivity index is 1.70. The van der Waals surface area contributed by atoms with E-state index in [0.717, 1.165) is 10.0 Å². The van der Waals surface area contributed by atoms with Gasteiger partial charge >= 0.3 is 0 Å². The molecule has 1 fully saturated rings. The molecular formula is C20H20BrF2NO2. The molecule has 0 saturated carbocycles. The van der Waals surface area contributed by atoms with Crippen LogP contribution in [0.2, 0.25) is 0 Å². The van der Waals surface area contributed by atoms with E-state index in [1.807, 2.05) is 36.4 Å². The van der Waals surface area contributed by atoms with E-state index in [4.69, 9.17) is 4.74 Å². The minimum absolute atomic E-state index is 0.0413. The molecule has 1 heterocycles. The van der Waals surface area contributed by atoms with Gasteiger partial charge in [-0.2, -0.15) is 0 Å². The number of rotatable bonds is 5. The monoisotopic (exact) mass is 423 g/mol. The van der Waals surface area contributed by atoms with Crippen LogP contribution in [0, 0.1) is 0 Å². The first-order chi connectivity index (χ1) is 12.4. The smallest absolute Gasteiger partial charge is 0.265 e. The fraction of sp³-hybridized carbons (Fsp3) is 0.350. The number of carbonyl (C=O) groups is 1. The summed E-state index contributed by atoms with van der Waals surface area (Å²) in [4.78, 5) is 13.8. The molecule has 0 spiro atoms. The van der Waals surface area contributed by atoms with Crippen molar-refractivity contribution in [1.82, 2.24) is 4.90 Å². The standard InChI is InChI=1S/C20H20BrF2NO2/c21-17-7-8-18(26-13-15-5-2-1-3-6-15)16(11-17)12-19(25)24-10-4-9-20(22,23)14-24/h1-3,5-8,11H,4,9-10,12-14H2. The minimum Gasteiger partial charge on any atom is -0.489 e. The van der Waals surface area contributed by atoms with E-state index in [9.17, 15) is 13.6 Å². The lowest BCUT2D eigenvalue weighted by Gasteiger charge is -2.32. The van der Waals surface area contributed by atoms with Crippen LogP contribution < -0.4 is 4.74 Å². The minimum atomic E-state index is -2.79. The average Bonchev–Trinajstić information content (AvgIpc) is 2.61. The van der Waals surface area contributed by atoms with Crippen LogP contribution in [0.5, 0.6) is 5.75 Å². The average molecular weight is 424 g/mol. The maximum Gasteiger partial charge on any atom is 0.265 e. The Kier molecular flexibility index (Phi) is 5.91. The highest BCUT2D eigenvalue weighted by Crippen LogP contribution is 2.29. The first-order valence-electron chi connectivity index (χ1n) is 8.54. The Morgan fingerprint density at radius 2 is 1.96 bits per heavy atom. The van der Waals surface area contributed by atoms with Gasteiger partial charge < -0.3 is 9.64 Å². The Labute approximate surface area is 160 Å². The molecule has 0 bridgehead atoms. The summed E-state index contributed by atoms with van der Waals surface area (Å²) in [6.07, 6.45) is 0.216. The molecule has 0 atom stereocenters. The number of benzene rings is 2. The number of likely N-dealkylation sites (tertiary alicyclic amines) is 1. The summed E-state index contributed by atoms with van der Waals surface area (Å²) in [5.41, 5.74) is 1.71. The van der Waals surface area contributed by atoms with Gasteiger partial charge in [-0.3, -0.25) is 4.79 Å². The molecule has 0 unspecified atom stereocenters. The second-order valence-electron chi connectivity index (χ2n) is 6.48. The predicted octanol–water partition coefficient (Wildman–Crippen LogP) is 4.83. The fourth-order valence-corrected chi connectivity index (χ4v) is 3.42. The van der Waals surface area contributed by atoms with Gasteiger partial charge in [0.25, 0.3) is 5.92 Å². The van der Waals surface area contributed by atoms with E-state index < -0.39 is 12.5 Å². The third kappa shape index (κ3) is 5.04. The Bertz CT molecular complexity index is 768. The second kappa shape index (κ2) is 8.16. The van der Waals surface area contributed by atoms with Crippen LogP contribution >= 0.6 is 15.9 Å². The van der Waals surface area contributed by atoms with Crippen LogP contribution in [-0.4, -0.2) is 29.8 Å². The number of carbonyl (C=O) groups excluding carboxylic acids is 1. The zero-order valence-corrected chi connectivity index (χ0v) is 15.8. The fourth-order valence-electron chi connectivity index (χ4n) is 3.02. The van der Waals surface area contributed by atoms with Crippen LogP contribution in [-0.2, 0) is 17.8 Å². The Morgan fingerprint density at radius 3 is 2.69 bits per heavy atom. The lowest BCUT2D eigenvalue weighted by atomic mass is 10.1. The maximum absolute atomic E-state index is 13.6. The Morgan fingerprint density at radius 1 is 1.19 bits per heavy atom. The summed E-state index contributed by atoms with van der Waals surface area (Å²) in [6.45, 7) is 0.258. The van der Waals surface area contributed by atoms with E-state index in [0.29, 0.717) is 30.9 Å². The van der Waals surface area contributed by atoms with Gasteiger partial charge in [-0.1, -0.05) is 46.3 Å². The lowest BCUT2D eigenvalue weighted by molar-refractivity contribution is -0.140. The Hall–Kier alpha value is -1.95. The summed E-state index contributed by atoms with van der Waals surface area (Å²) < 4.78 is 33.8. The van der Waals surface area contributed by atoms with E-state index in [2.05, 4.69) is 15.9 Å². The topological polar surface area (TPSA) is 29.5 Å². The number of hydrogen-bond acceptors (Lipinski definition) is 2. The molecule has 6 heteroatoms. The summed E-state index contributed by atoms with van der Waals surface area (Å²) in [5.74, 6) is -2.50. The van der Waals surface area contributed by atoms with Gasteiger partial charge in [-0.15, -0.1) is 0 Å². The van der Waals surface area contributed by atoms with Crippen LogP contribution in [0.1, 0.15) is 24.0 Å². The van der Waals surface area contributed by atoms with Gasteiger partial charge in [0, 0.05) is 23.0 Å². The van der Waals surface area contributed by atoms with Crippen LogP contribution in [0.25, 0.3) is 0 Å². The molecule has 0 radical (unpaired) electrons. The van der Waals surface area contributed by atoms with Gasteiger partial charge in [0.05, 0.1) is 13.0 Å². The molecule has 0 aromatic heterocycles. The normalized spacial score (nSPS) is 16.3. The largest absolute Gasteiger partial charge is 0.489 e. The van der Waals surface area contributed by atoms with Gasteiger partial charge in [0.1, 0.15) is 12.4 Å². The highest BCUT2D eigenvalue weighted by molar-refractivity contribution is 9.10. The van der Waals surface area contributed by atoms with Crippen molar-refractivity contribution in [1.29, 1.82) is 0 Å². The zero-order valence-electron chi connectivity index (χ0n) is 14.3. The number of alkyl halides is 2. The predicted molar refractivity (Wildman–Crippen MR) is 99.4 cm³/mol. The summed E-state index contributed by atoms with van der Waals surface area (Å²) in [5, 5.41) is 0. The van der Waals surface area contributed by atoms with Crippen molar-refractivity contribution in [2.45, 2.75) is 31.8 Å². The number of amides is 1. The molecule has 2 aromatic carbocycles. The number of piperidine rings is 1. The van der Waals surface area contributed by atoms with E-state index in [1.54, 1.807) is 12.1 Å². The zero-order chi connectivity index (χ0) is 18.6. The van der Waals surface area contributed by atoms with Crippen molar-refractivity contribution in [2.75, 3.05) is 13.1 Å². The molecule has 26 heavy (non-hydrogen) atoms. The molecule has 1 aliphatic rings. The van der Waals surface area contributed by atoms with Crippen molar-refractivity contribution in [3.63, 3.8) is 0 Å². The number of halogens is 3. The number of ether oxygens (including phenoxy) is 1. The highest BCUT2D eigenvalue weighted by atomic mass is 79.9. The summed E-state index contributed by atoms with van der Waals surface area (Å²) in [7, 11) is 0.